The van der Waals surface area contributed by atoms with Crippen molar-refractivity contribution in [2.24, 2.45) is 11.7 Å². The number of nitrogens with two attached hydrogens (primary N) is 1. The molecule has 1 amide bonds. The molecule has 0 aromatic carbocycles. The van der Waals surface area contributed by atoms with E-state index in [1.807, 2.05) is 0 Å². The van der Waals surface area contributed by atoms with E-state index < -0.39 is 0 Å². The van der Waals surface area contributed by atoms with Crippen LogP contribution in [-0.2, 0) is 18.9 Å². The van der Waals surface area contributed by atoms with Crippen molar-refractivity contribution in [2.75, 3.05) is 59.3 Å². The van der Waals surface area contributed by atoms with E-state index in [9.17, 15) is 4.79 Å². The lowest BCUT2D eigenvalue weighted by molar-refractivity contribution is 0.0140. The number of rotatable bonds is 15. The molecule has 0 aromatic heterocycles. The van der Waals surface area contributed by atoms with E-state index in [4.69, 9.17) is 24.7 Å². The van der Waals surface area contributed by atoms with Crippen LogP contribution in [0.15, 0.2) is 12.2 Å². The van der Waals surface area contributed by atoms with E-state index in [-0.39, 0.29) is 6.09 Å². The van der Waals surface area contributed by atoms with Crippen molar-refractivity contribution in [3.05, 3.63) is 12.2 Å². The molecule has 1 aliphatic rings. The SMILES string of the molecule is NCCCOCCOCCOCCCNC(=O)OCC1C=CCCC1. The van der Waals surface area contributed by atoms with E-state index in [2.05, 4.69) is 17.5 Å². The van der Waals surface area contributed by atoms with E-state index in [1.165, 1.54) is 6.42 Å². The molecule has 1 aliphatic carbocycles. The summed E-state index contributed by atoms with van der Waals surface area (Å²) in [6.45, 7) is 5.18. The van der Waals surface area contributed by atoms with Crippen molar-refractivity contribution in [1.82, 2.24) is 5.32 Å². The normalized spacial score (nSPS) is 16.8. The third kappa shape index (κ3) is 13.8. The Morgan fingerprint density at radius 3 is 2.36 bits per heavy atom. The van der Waals surface area contributed by atoms with Gasteiger partial charge in [0, 0.05) is 25.7 Å². The first-order chi connectivity index (χ1) is 12.3. The van der Waals surface area contributed by atoms with E-state index >= 15 is 0 Å². The zero-order chi connectivity index (χ0) is 18.0. The molecule has 0 aliphatic heterocycles. The Bertz CT molecular complexity index is 352. The summed E-state index contributed by atoms with van der Waals surface area (Å²) in [7, 11) is 0. The zero-order valence-electron chi connectivity index (χ0n) is 15.3. The Morgan fingerprint density at radius 2 is 1.72 bits per heavy atom. The van der Waals surface area contributed by atoms with Crippen LogP contribution in [0.5, 0.6) is 0 Å². The summed E-state index contributed by atoms with van der Waals surface area (Å²) in [4.78, 5) is 11.6. The third-order valence-corrected chi connectivity index (χ3v) is 3.75. The number of carbonyl (C=O) groups is 1. The Kier molecular flexibility index (Phi) is 14.3. The third-order valence-electron chi connectivity index (χ3n) is 3.75. The number of nitrogens with one attached hydrogen (secondary N) is 1. The molecule has 7 nitrogen and oxygen atoms in total. The Morgan fingerprint density at radius 1 is 1.04 bits per heavy atom. The Labute approximate surface area is 151 Å². The number of alkyl carbamates (subject to hydrolysis) is 1. The number of amides is 1. The van der Waals surface area contributed by atoms with Gasteiger partial charge in [0.1, 0.15) is 0 Å². The van der Waals surface area contributed by atoms with Crippen molar-refractivity contribution in [2.45, 2.75) is 32.1 Å². The van der Waals surface area contributed by atoms with Crippen LogP contribution in [0, 0.1) is 5.92 Å². The second kappa shape index (κ2) is 16.3. The Hall–Kier alpha value is -1.15. The number of hydrogen-bond donors (Lipinski definition) is 2. The highest BCUT2D eigenvalue weighted by atomic mass is 16.6. The van der Waals surface area contributed by atoms with Gasteiger partial charge in [0.05, 0.1) is 33.0 Å². The monoisotopic (exact) mass is 358 g/mol. The first-order valence-corrected chi connectivity index (χ1v) is 9.33. The second-order valence-corrected chi connectivity index (χ2v) is 5.98. The summed E-state index contributed by atoms with van der Waals surface area (Å²) < 4.78 is 21.3. The minimum atomic E-state index is -0.350. The lowest BCUT2D eigenvalue weighted by Gasteiger charge is -2.16. The lowest BCUT2D eigenvalue weighted by Crippen LogP contribution is -2.28. The Balaban J connectivity index is 1.77. The van der Waals surface area contributed by atoms with Gasteiger partial charge in [-0.1, -0.05) is 12.2 Å². The quantitative estimate of drug-likeness (QED) is 0.343. The van der Waals surface area contributed by atoms with Crippen molar-refractivity contribution in [3.8, 4) is 0 Å². The van der Waals surface area contributed by atoms with Gasteiger partial charge in [-0.05, 0) is 38.6 Å². The predicted octanol–water partition coefficient (Wildman–Crippen LogP) is 1.86. The van der Waals surface area contributed by atoms with E-state index in [1.54, 1.807) is 0 Å². The largest absolute Gasteiger partial charge is 0.449 e. The van der Waals surface area contributed by atoms with Crippen molar-refractivity contribution >= 4 is 6.09 Å². The van der Waals surface area contributed by atoms with Gasteiger partial charge in [0.25, 0.3) is 0 Å². The van der Waals surface area contributed by atoms with Gasteiger partial charge in [-0.2, -0.15) is 0 Å². The van der Waals surface area contributed by atoms with Gasteiger partial charge in [-0.15, -0.1) is 0 Å². The van der Waals surface area contributed by atoms with Gasteiger partial charge in [-0.3, -0.25) is 0 Å². The van der Waals surface area contributed by atoms with E-state index in [0.717, 1.165) is 25.7 Å². The number of ether oxygens (including phenoxy) is 4. The molecule has 0 heterocycles. The summed E-state index contributed by atoms with van der Waals surface area (Å²) in [6, 6.07) is 0. The molecule has 7 heteroatoms. The molecule has 146 valence electrons. The highest BCUT2D eigenvalue weighted by molar-refractivity contribution is 5.67. The summed E-state index contributed by atoms with van der Waals surface area (Å²) in [5.74, 6) is 0.369. The molecular formula is C18H34N2O5. The van der Waals surface area contributed by atoms with Gasteiger partial charge < -0.3 is 30.0 Å². The smallest absolute Gasteiger partial charge is 0.407 e. The summed E-state index contributed by atoms with van der Waals surface area (Å²) >= 11 is 0. The molecule has 1 atom stereocenters. The number of carbonyl (C=O) groups excluding carboxylic acids is 1. The second-order valence-electron chi connectivity index (χ2n) is 5.98. The first-order valence-electron chi connectivity index (χ1n) is 9.33. The van der Waals surface area contributed by atoms with Crippen LogP contribution in [0.2, 0.25) is 0 Å². The molecule has 3 N–H and O–H groups in total. The fraction of sp³-hybridized carbons (Fsp3) is 0.833. The van der Waals surface area contributed by atoms with Crippen molar-refractivity contribution < 1.29 is 23.7 Å². The molecule has 0 saturated heterocycles. The minimum Gasteiger partial charge on any atom is -0.449 e. The number of hydrogen-bond acceptors (Lipinski definition) is 6. The molecule has 1 unspecified atom stereocenters. The van der Waals surface area contributed by atoms with Crippen LogP contribution in [0.1, 0.15) is 32.1 Å². The molecule has 1 rings (SSSR count). The summed E-state index contributed by atoms with van der Waals surface area (Å²) in [5, 5.41) is 2.74. The van der Waals surface area contributed by atoms with Crippen LogP contribution in [0.3, 0.4) is 0 Å². The van der Waals surface area contributed by atoms with Gasteiger partial charge >= 0.3 is 6.09 Å². The fourth-order valence-electron chi connectivity index (χ4n) is 2.35. The summed E-state index contributed by atoms with van der Waals surface area (Å²) in [6.07, 6.45) is 8.98. The van der Waals surface area contributed by atoms with E-state index in [0.29, 0.717) is 65.3 Å². The maximum atomic E-state index is 11.6. The fourth-order valence-corrected chi connectivity index (χ4v) is 2.35. The average Bonchev–Trinajstić information content (AvgIpc) is 2.64. The maximum absolute atomic E-state index is 11.6. The minimum absolute atomic E-state index is 0.350. The molecule has 0 fully saturated rings. The standard InChI is InChI=1S/C18H34N2O5/c19-8-4-10-22-12-14-24-15-13-23-11-5-9-20-18(21)25-16-17-6-2-1-3-7-17/h2,6,17H,1,3-5,7-16,19H2,(H,20,21). The highest BCUT2D eigenvalue weighted by Gasteiger charge is 2.10. The molecule has 25 heavy (non-hydrogen) atoms. The molecular weight excluding hydrogens is 324 g/mol. The maximum Gasteiger partial charge on any atom is 0.407 e. The molecule has 0 saturated carbocycles. The van der Waals surface area contributed by atoms with Gasteiger partial charge in [0.2, 0.25) is 0 Å². The average molecular weight is 358 g/mol. The lowest BCUT2D eigenvalue weighted by atomic mass is 9.97. The van der Waals surface area contributed by atoms with Crippen molar-refractivity contribution in [3.63, 3.8) is 0 Å². The molecule has 0 aromatic rings. The summed E-state index contributed by atoms with van der Waals surface area (Å²) in [5.41, 5.74) is 5.36. The first kappa shape index (κ1) is 21.9. The molecule has 0 spiro atoms. The van der Waals surface area contributed by atoms with Crippen LogP contribution < -0.4 is 11.1 Å². The van der Waals surface area contributed by atoms with Crippen molar-refractivity contribution in [1.29, 1.82) is 0 Å². The van der Waals surface area contributed by atoms with Crippen LogP contribution >= 0.6 is 0 Å². The highest BCUT2D eigenvalue weighted by Crippen LogP contribution is 2.16. The van der Waals surface area contributed by atoms with Gasteiger partial charge in [-0.25, -0.2) is 4.79 Å². The zero-order valence-corrected chi connectivity index (χ0v) is 15.3. The topological polar surface area (TPSA) is 92.0 Å². The van der Waals surface area contributed by atoms with Crippen LogP contribution in [0.4, 0.5) is 4.79 Å². The van der Waals surface area contributed by atoms with Crippen LogP contribution in [0.25, 0.3) is 0 Å². The molecule has 0 bridgehead atoms. The predicted molar refractivity (Wildman–Crippen MR) is 96.6 cm³/mol. The molecule has 0 radical (unpaired) electrons. The number of allylic oxidation sites excluding steroid dienone is 1. The van der Waals surface area contributed by atoms with Gasteiger partial charge in [0.15, 0.2) is 0 Å². The van der Waals surface area contributed by atoms with Crippen LogP contribution in [-0.4, -0.2) is 65.4 Å².